The second-order valence-electron chi connectivity index (χ2n) is 8.27. The van der Waals surface area contributed by atoms with E-state index in [9.17, 15) is 18.0 Å². The number of rotatable bonds is 10. The molecule has 4 rings (SSSR count). The number of ether oxygens (including phenoxy) is 2. The van der Waals surface area contributed by atoms with Crippen LogP contribution < -0.4 is 20.2 Å². The fourth-order valence-corrected chi connectivity index (χ4v) is 4.98. The molecule has 13 heteroatoms. The minimum absolute atomic E-state index is 0.0615. The molecule has 0 bridgehead atoms. The number of halogens is 5. The lowest BCUT2D eigenvalue weighted by Crippen LogP contribution is -2.20. The predicted octanol–water partition coefficient (Wildman–Crippen LogP) is 7.71. The molecule has 40 heavy (non-hydrogen) atoms. The lowest BCUT2D eigenvalue weighted by molar-refractivity contribution is -0.137. The van der Waals surface area contributed by atoms with Gasteiger partial charge >= 0.3 is 6.18 Å². The highest BCUT2D eigenvalue weighted by atomic mass is 79.9. The third kappa shape index (κ3) is 8.29. The first-order valence-corrected chi connectivity index (χ1v) is 14.0. The standard InChI is InChI=1S/C27H21Br2F3N4O3S/c1-38-23-10-17(9-22(29)25(23)39-14-16-5-7-19(28)8-6-16)13-33-36-24(37)12-21-15-40-26(35-21)34-20-4-2-3-18(11-20)27(30,31)32/h2-11,13,15H,12,14H2,1H3,(H,34,35)(H,36,37)/b33-13-. The highest BCUT2D eigenvalue weighted by molar-refractivity contribution is 9.10. The summed E-state index contributed by atoms with van der Waals surface area (Å²) in [6.45, 7) is 0.347. The maximum atomic E-state index is 12.9. The topological polar surface area (TPSA) is 84.8 Å². The molecular formula is C27H21Br2F3N4O3S. The molecule has 0 saturated heterocycles. The van der Waals surface area contributed by atoms with E-state index in [0.29, 0.717) is 39.0 Å². The summed E-state index contributed by atoms with van der Waals surface area (Å²) in [6, 6.07) is 16.1. The molecule has 1 aromatic heterocycles. The van der Waals surface area contributed by atoms with Crippen molar-refractivity contribution in [2.75, 3.05) is 12.4 Å². The zero-order valence-corrected chi connectivity index (χ0v) is 24.7. The second kappa shape index (κ2) is 13.3. The second-order valence-corrected chi connectivity index (χ2v) is 10.9. The Hall–Kier alpha value is -3.42. The summed E-state index contributed by atoms with van der Waals surface area (Å²) < 4.78 is 51.8. The zero-order valence-electron chi connectivity index (χ0n) is 20.8. The van der Waals surface area contributed by atoms with Crippen molar-refractivity contribution >= 4 is 66.1 Å². The van der Waals surface area contributed by atoms with E-state index >= 15 is 0 Å². The number of carbonyl (C=O) groups is 1. The molecule has 0 unspecified atom stereocenters. The van der Waals surface area contributed by atoms with Gasteiger partial charge < -0.3 is 14.8 Å². The van der Waals surface area contributed by atoms with Gasteiger partial charge in [0.25, 0.3) is 0 Å². The number of hydrogen-bond donors (Lipinski definition) is 2. The van der Waals surface area contributed by atoms with E-state index in [2.05, 4.69) is 52.7 Å². The number of hydrazone groups is 1. The minimum Gasteiger partial charge on any atom is -0.493 e. The number of alkyl halides is 3. The molecule has 0 fully saturated rings. The summed E-state index contributed by atoms with van der Waals surface area (Å²) in [5.41, 5.74) is 4.02. The fourth-order valence-electron chi connectivity index (χ4n) is 3.42. The lowest BCUT2D eigenvalue weighted by Gasteiger charge is -2.13. The summed E-state index contributed by atoms with van der Waals surface area (Å²) >= 11 is 8.08. The van der Waals surface area contributed by atoms with Crippen molar-refractivity contribution in [1.82, 2.24) is 10.4 Å². The van der Waals surface area contributed by atoms with Crippen LogP contribution in [0.3, 0.4) is 0 Å². The third-order valence-electron chi connectivity index (χ3n) is 5.29. The van der Waals surface area contributed by atoms with Crippen LogP contribution in [-0.2, 0) is 24.0 Å². The smallest absolute Gasteiger partial charge is 0.416 e. The van der Waals surface area contributed by atoms with Crippen LogP contribution in [0.15, 0.2) is 80.1 Å². The number of nitrogens with zero attached hydrogens (tertiary/aromatic N) is 2. The van der Waals surface area contributed by atoms with Gasteiger partial charge in [-0.05, 0) is 69.5 Å². The van der Waals surface area contributed by atoms with E-state index < -0.39 is 17.6 Å². The number of carbonyl (C=O) groups excluding carboxylic acids is 1. The van der Waals surface area contributed by atoms with Gasteiger partial charge in [-0.15, -0.1) is 11.3 Å². The van der Waals surface area contributed by atoms with E-state index in [1.807, 2.05) is 24.3 Å². The van der Waals surface area contributed by atoms with Crippen molar-refractivity contribution in [3.63, 3.8) is 0 Å². The molecule has 0 radical (unpaired) electrons. The van der Waals surface area contributed by atoms with Crippen LogP contribution in [0.2, 0.25) is 0 Å². The monoisotopic (exact) mass is 696 g/mol. The van der Waals surface area contributed by atoms with Crippen LogP contribution >= 0.6 is 43.2 Å². The maximum absolute atomic E-state index is 12.9. The van der Waals surface area contributed by atoms with E-state index in [4.69, 9.17) is 9.47 Å². The molecule has 0 aliphatic heterocycles. The Bertz CT molecular complexity index is 1510. The molecule has 2 N–H and O–H groups in total. The average Bonchev–Trinajstić information content (AvgIpc) is 3.34. The number of aromatic nitrogens is 1. The summed E-state index contributed by atoms with van der Waals surface area (Å²) in [5, 5.41) is 8.85. The normalized spacial score (nSPS) is 11.4. The zero-order chi connectivity index (χ0) is 28.7. The third-order valence-corrected chi connectivity index (χ3v) is 7.21. The van der Waals surface area contributed by atoms with E-state index in [-0.39, 0.29) is 12.1 Å². The van der Waals surface area contributed by atoms with E-state index in [0.717, 1.165) is 22.2 Å². The molecule has 0 aliphatic rings. The number of benzene rings is 3. The number of thiazole rings is 1. The van der Waals surface area contributed by atoms with Crippen molar-refractivity contribution < 1.29 is 27.4 Å². The van der Waals surface area contributed by atoms with Crippen LogP contribution in [0.25, 0.3) is 0 Å². The molecule has 0 spiro atoms. The molecule has 0 aliphatic carbocycles. The van der Waals surface area contributed by atoms with Crippen LogP contribution in [0.4, 0.5) is 24.0 Å². The van der Waals surface area contributed by atoms with Crippen molar-refractivity contribution in [2.45, 2.75) is 19.2 Å². The van der Waals surface area contributed by atoms with Crippen molar-refractivity contribution in [3.8, 4) is 11.5 Å². The van der Waals surface area contributed by atoms with Crippen LogP contribution in [0, 0.1) is 0 Å². The summed E-state index contributed by atoms with van der Waals surface area (Å²) in [4.78, 5) is 16.6. The Morgan fingerprint density at radius 3 is 2.62 bits per heavy atom. The fraction of sp³-hybridized carbons (Fsp3) is 0.148. The highest BCUT2D eigenvalue weighted by Gasteiger charge is 2.30. The first-order chi connectivity index (χ1) is 19.1. The number of amides is 1. The first-order valence-electron chi connectivity index (χ1n) is 11.6. The molecule has 1 amide bonds. The summed E-state index contributed by atoms with van der Waals surface area (Å²) in [7, 11) is 1.53. The maximum Gasteiger partial charge on any atom is 0.416 e. The quantitative estimate of drug-likeness (QED) is 0.131. The summed E-state index contributed by atoms with van der Waals surface area (Å²) in [6.07, 6.45) is -3.04. The number of anilines is 2. The number of nitrogens with one attached hydrogen (secondary N) is 2. The Labute approximate surface area is 248 Å². The van der Waals surface area contributed by atoms with Crippen molar-refractivity contribution in [1.29, 1.82) is 0 Å². The van der Waals surface area contributed by atoms with Crippen molar-refractivity contribution in [2.24, 2.45) is 5.10 Å². The van der Waals surface area contributed by atoms with E-state index in [1.54, 1.807) is 17.5 Å². The van der Waals surface area contributed by atoms with Crippen LogP contribution in [-0.4, -0.2) is 24.2 Å². The SMILES string of the molecule is COc1cc(/C=N\NC(=O)Cc2csc(Nc3cccc(C(F)(F)F)c3)n2)cc(Br)c1OCc1ccc(Br)cc1. The van der Waals surface area contributed by atoms with Crippen LogP contribution in [0.1, 0.15) is 22.4 Å². The largest absolute Gasteiger partial charge is 0.493 e. The molecule has 1 heterocycles. The summed E-state index contributed by atoms with van der Waals surface area (Å²) in [5.74, 6) is 0.611. The van der Waals surface area contributed by atoms with Gasteiger partial charge in [-0.1, -0.05) is 34.1 Å². The van der Waals surface area contributed by atoms with Crippen molar-refractivity contribution in [3.05, 3.63) is 97.4 Å². The van der Waals surface area contributed by atoms with Gasteiger partial charge in [0, 0.05) is 15.5 Å². The molecule has 0 atom stereocenters. The number of hydrogen-bond acceptors (Lipinski definition) is 7. The van der Waals surface area contributed by atoms with Gasteiger partial charge in [-0.25, -0.2) is 10.4 Å². The predicted molar refractivity (Wildman–Crippen MR) is 155 cm³/mol. The van der Waals surface area contributed by atoms with E-state index in [1.165, 1.54) is 36.8 Å². The molecule has 0 saturated carbocycles. The molecule has 4 aromatic rings. The van der Waals surface area contributed by atoms with Gasteiger partial charge in [-0.3, -0.25) is 4.79 Å². The van der Waals surface area contributed by atoms with Crippen LogP contribution in [0.5, 0.6) is 11.5 Å². The van der Waals surface area contributed by atoms with Gasteiger partial charge in [0.05, 0.1) is 35.5 Å². The Kier molecular flexibility index (Phi) is 9.82. The molecule has 208 valence electrons. The number of methoxy groups -OCH3 is 1. The average molecular weight is 698 g/mol. The van der Waals surface area contributed by atoms with Gasteiger partial charge in [0.1, 0.15) is 6.61 Å². The van der Waals surface area contributed by atoms with Gasteiger partial charge in [0.2, 0.25) is 5.91 Å². The molecule has 7 nitrogen and oxygen atoms in total. The molecular weight excluding hydrogens is 677 g/mol. The minimum atomic E-state index is -4.44. The highest BCUT2D eigenvalue weighted by Crippen LogP contribution is 2.37. The molecule has 3 aromatic carbocycles. The Morgan fingerprint density at radius 2 is 1.90 bits per heavy atom. The Balaban J connectivity index is 1.32. The van der Waals surface area contributed by atoms with Gasteiger partial charge in [0.15, 0.2) is 16.6 Å². The van der Waals surface area contributed by atoms with Gasteiger partial charge in [-0.2, -0.15) is 18.3 Å². The Morgan fingerprint density at radius 1 is 1.12 bits per heavy atom. The first kappa shape index (κ1) is 29.6. The lowest BCUT2D eigenvalue weighted by atomic mass is 10.2.